The zero-order chi connectivity index (χ0) is 17.1. The minimum absolute atomic E-state index is 0.379. The number of rotatable bonds is 8. The van der Waals surface area contributed by atoms with Crippen molar-refractivity contribution >= 4 is 17.9 Å². The number of benzene rings is 1. The summed E-state index contributed by atoms with van der Waals surface area (Å²) in [7, 11) is 1.48. The van der Waals surface area contributed by atoms with E-state index in [1.54, 1.807) is 24.3 Å². The standard InChI is InChI=1S/C15H20N2O6/c1-3-8-16-15(20)17-13(18)9-23-14(19)10-22-12-7-5-4-6-11(12)21-2/h4-7H,3,8-10H2,1-2H3,(H2,16,17,18,20). The Morgan fingerprint density at radius 2 is 1.78 bits per heavy atom. The molecule has 3 amide bonds. The second-order valence-corrected chi connectivity index (χ2v) is 4.40. The van der Waals surface area contributed by atoms with Gasteiger partial charge in [0.25, 0.3) is 5.91 Å². The Hall–Kier alpha value is -2.77. The van der Waals surface area contributed by atoms with Gasteiger partial charge in [0, 0.05) is 6.54 Å². The van der Waals surface area contributed by atoms with Crippen molar-refractivity contribution in [2.75, 3.05) is 26.9 Å². The highest BCUT2D eigenvalue weighted by Crippen LogP contribution is 2.25. The molecule has 0 fully saturated rings. The van der Waals surface area contributed by atoms with Crippen LogP contribution in [0.5, 0.6) is 11.5 Å². The van der Waals surface area contributed by atoms with Gasteiger partial charge in [-0.2, -0.15) is 0 Å². The van der Waals surface area contributed by atoms with Crippen LogP contribution < -0.4 is 20.1 Å². The molecule has 0 saturated heterocycles. The minimum Gasteiger partial charge on any atom is -0.493 e. The molecule has 1 aromatic carbocycles. The summed E-state index contributed by atoms with van der Waals surface area (Å²) in [5.41, 5.74) is 0. The minimum atomic E-state index is -0.736. The topological polar surface area (TPSA) is 103 Å². The zero-order valence-corrected chi connectivity index (χ0v) is 13.1. The number of imide groups is 1. The molecule has 0 unspecified atom stereocenters. The first kappa shape index (κ1) is 18.3. The highest BCUT2D eigenvalue weighted by atomic mass is 16.6. The number of esters is 1. The molecule has 0 spiro atoms. The van der Waals surface area contributed by atoms with Gasteiger partial charge in [-0.1, -0.05) is 19.1 Å². The van der Waals surface area contributed by atoms with E-state index in [0.717, 1.165) is 6.42 Å². The van der Waals surface area contributed by atoms with Gasteiger partial charge in [-0.3, -0.25) is 10.1 Å². The lowest BCUT2D eigenvalue weighted by Crippen LogP contribution is -2.41. The molecule has 0 aliphatic carbocycles. The molecule has 2 N–H and O–H groups in total. The number of carbonyl (C=O) groups excluding carboxylic acids is 3. The van der Waals surface area contributed by atoms with E-state index in [0.29, 0.717) is 18.0 Å². The third kappa shape index (κ3) is 7.16. The van der Waals surface area contributed by atoms with E-state index in [1.807, 2.05) is 12.2 Å². The summed E-state index contributed by atoms with van der Waals surface area (Å²) in [5, 5.41) is 4.50. The van der Waals surface area contributed by atoms with Crippen molar-refractivity contribution in [1.29, 1.82) is 0 Å². The lowest BCUT2D eigenvalue weighted by molar-refractivity contribution is -0.150. The number of urea groups is 1. The largest absolute Gasteiger partial charge is 0.493 e. The van der Waals surface area contributed by atoms with Crippen LogP contribution in [0.15, 0.2) is 24.3 Å². The van der Waals surface area contributed by atoms with Gasteiger partial charge in [-0.15, -0.1) is 0 Å². The van der Waals surface area contributed by atoms with E-state index >= 15 is 0 Å². The Kier molecular flexibility index (Phi) is 7.98. The molecular weight excluding hydrogens is 304 g/mol. The molecule has 0 saturated carbocycles. The van der Waals surface area contributed by atoms with Crippen molar-refractivity contribution in [1.82, 2.24) is 10.6 Å². The molecule has 0 aliphatic rings. The molecule has 0 aliphatic heterocycles. The van der Waals surface area contributed by atoms with E-state index in [-0.39, 0.29) is 6.61 Å². The molecule has 0 bridgehead atoms. The van der Waals surface area contributed by atoms with Gasteiger partial charge in [0.05, 0.1) is 7.11 Å². The average Bonchev–Trinajstić information content (AvgIpc) is 2.56. The zero-order valence-electron chi connectivity index (χ0n) is 13.1. The maximum Gasteiger partial charge on any atom is 0.344 e. The second-order valence-electron chi connectivity index (χ2n) is 4.40. The van der Waals surface area contributed by atoms with Gasteiger partial charge in [0.2, 0.25) is 0 Å². The molecule has 0 aromatic heterocycles. The van der Waals surface area contributed by atoms with Crippen LogP contribution in [0, 0.1) is 0 Å². The highest BCUT2D eigenvalue weighted by Gasteiger charge is 2.12. The summed E-state index contributed by atoms with van der Waals surface area (Å²) in [6, 6.07) is 6.18. The van der Waals surface area contributed by atoms with Crippen molar-refractivity contribution in [3.63, 3.8) is 0 Å². The van der Waals surface area contributed by atoms with Gasteiger partial charge in [0.15, 0.2) is 24.7 Å². The van der Waals surface area contributed by atoms with Crippen molar-refractivity contribution in [3.05, 3.63) is 24.3 Å². The molecule has 1 rings (SSSR count). The van der Waals surface area contributed by atoms with Crippen LogP contribution in [-0.2, 0) is 14.3 Å². The van der Waals surface area contributed by atoms with E-state index < -0.39 is 24.5 Å². The fourth-order valence-electron chi connectivity index (χ4n) is 1.51. The maximum atomic E-state index is 11.5. The van der Waals surface area contributed by atoms with Gasteiger partial charge >= 0.3 is 12.0 Å². The fraction of sp³-hybridized carbons (Fsp3) is 0.400. The summed E-state index contributed by atoms with van der Waals surface area (Å²) in [6.45, 7) is 1.39. The predicted octanol–water partition coefficient (Wildman–Crippen LogP) is 0.853. The number of hydrogen-bond acceptors (Lipinski definition) is 6. The lowest BCUT2D eigenvalue weighted by atomic mass is 10.3. The molecule has 126 valence electrons. The monoisotopic (exact) mass is 324 g/mol. The molecule has 1 aromatic rings. The first-order chi connectivity index (χ1) is 11.1. The summed E-state index contributed by atoms with van der Waals surface area (Å²) in [4.78, 5) is 34.1. The van der Waals surface area contributed by atoms with Gasteiger partial charge in [0.1, 0.15) is 0 Å². The van der Waals surface area contributed by atoms with Gasteiger partial charge in [-0.05, 0) is 18.6 Å². The number of para-hydroxylation sites is 2. The first-order valence-electron chi connectivity index (χ1n) is 7.06. The molecular formula is C15H20N2O6. The number of nitrogens with one attached hydrogen (secondary N) is 2. The van der Waals surface area contributed by atoms with Crippen LogP contribution in [0.25, 0.3) is 0 Å². The summed E-state index contributed by atoms with van der Waals surface area (Å²) in [6.07, 6.45) is 0.747. The highest BCUT2D eigenvalue weighted by molar-refractivity contribution is 5.95. The molecule has 23 heavy (non-hydrogen) atoms. The molecule has 8 nitrogen and oxygen atoms in total. The van der Waals surface area contributed by atoms with Crippen molar-refractivity contribution in [3.8, 4) is 11.5 Å². The molecule has 8 heteroatoms. The van der Waals surface area contributed by atoms with Crippen molar-refractivity contribution in [2.24, 2.45) is 0 Å². The van der Waals surface area contributed by atoms with Crippen molar-refractivity contribution < 1.29 is 28.6 Å². The van der Waals surface area contributed by atoms with E-state index in [9.17, 15) is 14.4 Å². The van der Waals surface area contributed by atoms with E-state index in [2.05, 4.69) is 5.32 Å². The third-order valence-electron chi connectivity index (χ3n) is 2.57. The van der Waals surface area contributed by atoms with Crippen LogP contribution >= 0.6 is 0 Å². The third-order valence-corrected chi connectivity index (χ3v) is 2.57. The maximum absolute atomic E-state index is 11.5. The van der Waals surface area contributed by atoms with Gasteiger partial charge in [-0.25, -0.2) is 9.59 Å². The van der Waals surface area contributed by atoms with Gasteiger partial charge < -0.3 is 19.5 Å². The Morgan fingerprint density at radius 3 is 2.43 bits per heavy atom. The lowest BCUT2D eigenvalue weighted by Gasteiger charge is -2.10. The van der Waals surface area contributed by atoms with Crippen molar-refractivity contribution in [2.45, 2.75) is 13.3 Å². The number of methoxy groups -OCH3 is 1. The summed E-state index contributed by atoms with van der Waals surface area (Å²) < 4.78 is 15.0. The number of hydrogen-bond donors (Lipinski definition) is 2. The Bertz CT molecular complexity index is 547. The normalized spacial score (nSPS) is 9.65. The predicted molar refractivity (Wildman–Crippen MR) is 81.3 cm³/mol. The van der Waals surface area contributed by atoms with Crippen LogP contribution in [0.3, 0.4) is 0 Å². The quantitative estimate of drug-likeness (QED) is 0.687. The fourth-order valence-corrected chi connectivity index (χ4v) is 1.51. The molecule has 0 heterocycles. The average molecular weight is 324 g/mol. The summed E-state index contributed by atoms with van der Waals surface area (Å²) in [5.74, 6) is -0.592. The second kappa shape index (κ2) is 10.0. The molecule has 0 atom stereocenters. The van der Waals surface area contributed by atoms with Crippen LogP contribution in [0.4, 0.5) is 4.79 Å². The smallest absolute Gasteiger partial charge is 0.344 e. The SMILES string of the molecule is CCCNC(=O)NC(=O)COC(=O)COc1ccccc1OC. The first-order valence-corrected chi connectivity index (χ1v) is 7.06. The Morgan fingerprint density at radius 1 is 1.09 bits per heavy atom. The van der Waals surface area contributed by atoms with Crippen LogP contribution in [0.2, 0.25) is 0 Å². The van der Waals surface area contributed by atoms with Crippen LogP contribution in [-0.4, -0.2) is 44.8 Å². The number of amides is 3. The van der Waals surface area contributed by atoms with E-state index in [1.165, 1.54) is 7.11 Å². The number of ether oxygens (including phenoxy) is 3. The molecule has 0 radical (unpaired) electrons. The number of carbonyl (C=O) groups is 3. The van der Waals surface area contributed by atoms with E-state index in [4.69, 9.17) is 14.2 Å². The van der Waals surface area contributed by atoms with Crippen LogP contribution in [0.1, 0.15) is 13.3 Å². The Labute approximate surface area is 134 Å². The Balaban J connectivity index is 2.29. The summed E-state index contributed by atoms with van der Waals surface area (Å²) >= 11 is 0.